The van der Waals surface area contributed by atoms with Gasteiger partial charge in [0.1, 0.15) is 6.54 Å². The normalized spacial score (nSPS) is 10.8. The van der Waals surface area contributed by atoms with E-state index in [9.17, 15) is 32.9 Å². The highest BCUT2D eigenvalue weighted by atomic mass is 32.2. The van der Waals surface area contributed by atoms with Crippen molar-refractivity contribution >= 4 is 33.4 Å². The number of rotatable bonds is 10. The summed E-state index contributed by atoms with van der Waals surface area (Å²) in [5.41, 5.74) is 0.0888. The minimum Gasteiger partial charge on any atom is -0.456 e. The first-order chi connectivity index (χ1) is 14.2. The molecular weight excluding hydrogens is 418 g/mol. The number of carbonyl (C=O) groups is 3. The third-order valence-corrected chi connectivity index (χ3v) is 5.09. The van der Waals surface area contributed by atoms with E-state index in [2.05, 4.69) is 5.32 Å². The number of nitrogens with one attached hydrogen (secondary N) is 2. The number of non-ortho nitro benzene ring substituents is 1. The van der Waals surface area contributed by atoms with Crippen molar-refractivity contribution in [3.63, 3.8) is 0 Å². The van der Waals surface area contributed by atoms with Crippen LogP contribution in [0.2, 0.25) is 0 Å². The van der Waals surface area contributed by atoms with Crippen LogP contribution in [0.4, 0.5) is 5.69 Å². The Bertz CT molecular complexity index is 1040. The average Bonchev–Trinajstić information content (AvgIpc) is 2.75. The van der Waals surface area contributed by atoms with E-state index in [1.54, 1.807) is 30.3 Å². The first kappa shape index (κ1) is 22.6. The van der Waals surface area contributed by atoms with Crippen LogP contribution in [-0.4, -0.2) is 50.7 Å². The van der Waals surface area contributed by atoms with Crippen molar-refractivity contribution in [2.45, 2.75) is 4.90 Å². The molecule has 0 saturated carbocycles. The molecule has 0 spiro atoms. The number of ketones is 1. The molecule has 12 heteroatoms. The van der Waals surface area contributed by atoms with Gasteiger partial charge < -0.3 is 10.1 Å². The number of ether oxygens (including phenoxy) is 1. The molecule has 2 aromatic carbocycles. The monoisotopic (exact) mass is 435 g/mol. The van der Waals surface area contributed by atoms with Gasteiger partial charge in [-0.3, -0.25) is 24.5 Å². The minimum atomic E-state index is -4.08. The van der Waals surface area contributed by atoms with E-state index in [4.69, 9.17) is 4.74 Å². The summed E-state index contributed by atoms with van der Waals surface area (Å²) in [6.07, 6.45) is 0. The number of hydrogen-bond acceptors (Lipinski definition) is 8. The van der Waals surface area contributed by atoms with Gasteiger partial charge in [-0.1, -0.05) is 30.3 Å². The van der Waals surface area contributed by atoms with Crippen molar-refractivity contribution in [3.8, 4) is 0 Å². The molecule has 158 valence electrons. The van der Waals surface area contributed by atoms with E-state index in [-0.39, 0.29) is 10.6 Å². The lowest BCUT2D eigenvalue weighted by atomic mass is 10.1. The van der Waals surface area contributed by atoms with E-state index < -0.39 is 52.3 Å². The van der Waals surface area contributed by atoms with Crippen molar-refractivity contribution in [3.05, 3.63) is 70.3 Å². The number of nitro benzene ring substituents is 1. The number of esters is 1. The lowest BCUT2D eigenvalue weighted by Crippen LogP contribution is -2.39. The second kappa shape index (κ2) is 10.2. The number of nitrogens with zero attached hydrogens (tertiary/aromatic N) is 1. The molecule has 0 bridgehead atoms. The fourth-order valence-corrected chi connectivity index (χ4v) is 3.11. The lowest BCUT2D eigenvalue weighted by Gasteiger charge is -2.08. The van der Waals surface area contributed by atoms with E-state index in [1.807, 2.05) is 4.72 Å². The van der Waals surface area contributed by atoms with Gasteiger partial charge in [0.05, 0.1) is 16.4 Å². The maximum absolute atomic E-state index is 12.1. The number of benzene rings is 2. The van der Waals surface area contributed by atoms with Gasteiger partial charge in [0.2, 0.25) is 15.9 Å². The highest BCUT2D eigenvalue weighted by molar-refractivity contribution is 7.89. The SMILES string of the molecule is O=C(CNS(=O)(=O)c1ccc([N+](=O)[O-])cc1)NCC(=O)OCC(=O)c1ccccc1. The Morgan fingerprint density at radius 2 is 1.60 bits per heavy atom. The Morgan fingerprint density at radius 1 is 0.967 bits per heavy atom. The first-order valence-corrected chi connectivity index (χ1v) is 9.92. The molecule has 0 saturated heterocycles. The summed E-state index contributed by atoms with van der Waals surface area (Å²) in [7, 11) is -4.08. The van der Waals surface area contributed by atoms with Gasteiger partial charge in [0, 0.05) is 17.7 Å². The van der Waals surface area contributed by atoms with Crippen molar-refractivity contribution in [2.24, 2.45) is 0 Å². The predicted molar refractivity (Wildman–Crippen MR) is 103 cm³/mol. The smallest absolute Gasteiger partial charge is 0.325 e. The molecule has 2 aromatic rings. The molecule has 30 heavy (non-hydrogen) atoms. The largest absolute Gasteiger partial charge is 0.456 e. The topological polar surface area (TPSA) is 162 Å². The number of sulfonamides is 1. The molecule has 0 aliphatic heterocycles. The first-order valence-electron chi connectivity index (χ1n) is 8.44. The summed E-state index contributed by atoms with van der Waals surface area (Å²) in [4.78, 5) is 44.8. The molecule has 0 aromatic heterocycles. The van der Waals surface area contributed by atoms with Gasteiger partial charge in [0.15, 0.2) is 12.4 Å². The number of nitro groups is 1. The van der Waals surface area contributed by atoms with Gasteiger partial charge in [-0.15, -0.1) is 0 Å². The second-order valence-electron chi connectivity index (χ2n) is 5.80. The van der Waals surface area contributed by atoms with E-state index >= 15 is 0 Å². The van der Waals surface area contributed by atoms with Gasteiger partial charge in [-0.05, 0) is 12.1 Å². The molecule has 2 N–H and O–H groups in total. The zero-order valence-corrected chi connectivity index (χ0v) is 16.3. The number of amides is 1. The Morgan fingerprint density at radius 3 is 2.20 bits per heavy atom. The van der Waals surface area contributed by atoms with Crippen LogP contribution in [0, 0.1) is 10.1 Å². The summed E-state index contributed by atoms with van der Waals surface area (Å²) in [6.45, 7) is -1.72. The van der Waals surface area contributed by atoms with Crippen LogP contribution >= 0.6 is 0 Å². The Hall–Kier alpha value is -3.64. The van der Waals surface area contributed by atoms with Crippen molar-refractivity contribution in [1.29, 1.82) is 0 Å². The highest BCUT2D eigenvalue weighted by Crippen LogP contribution is 2.15. The summed E-state index contributed by atoms with van der Waals surface area (Å²) >= 11 is 0. The molecule has 0 radical (unpaired) electrons. The van der Waals surface area contributed by atoms with Crippen LogP contribution < -0.4 is 10.0 Å². The third kappa shape index (κ3) is 6.76. The Kier molecular flexibility index (Phi) is 7.72. The molecule has 2 rings (SSSR count). The summed E-state index contributed by atoms with van der Waals surface area (Å²) < 4.78 is 30.9. The van der Waals surface area contributed by atoms with Crippen LogP contribution in [-0.2, 0) is 24.3 Å². The quantitative estimate of drug-likeness (QED) is 0.235. The molecule has 0 unspecified atom stereocenters. The minimum absolute atomic E-state index is 0.264. The molecule has 0 atom stereocenters. The Labute approximate surface area is 171 Å². The van der Waals surface area contributed by atoms with Crippen molar-refractivity contribution in [1.82, 2.24) is 10.0 Å². The summed E-state index contributed by atoms with van der Waals surface area (Å²) in [5, 5.41) is 12.7. The molecule has 11 nitrogen and oxygen atoms in total. The van der Waals surface area contributed by atoms with Crippen LogP contribution in [0.25, 0.3) is 0 Å². The Balaban J connectivity index is 1.75. The van der Waals surface area contributed by atoms with E-state index in [1.165, 1.54) is 0 Å². The van der Waals surface area contributed by atoms with E-state index in [0.717, 1.165) is 24.3 Å². The molecule has 0 aliphatic carbocycles. The lowest BCUT2D eigenvalue weighted by molar-refractivity contribution is -0.384. The maximum Gasteiger partial charge on any atom is 0.325 e. The van der Waals surface area contributed by atoms with Gasteiger partial charge in [-0.25, -0.2) is 13.1 Å². The van der Waals surface area contributed by atoms with E-state index in [0.29, 0.717) is 5.56 Å². The van der Waals surface area contributed by atoms with Gasteiger partial charge in [0.25, 0.3) is 5.69 Å². The fourth-order valence-electron chi connectivity index (χ4n) is 2.13. The zero-order valence-electron chi connectivity index (χ0n) is 15.4. The van der Waals surface area contributed by atoms with Gasteiger partial charge in [-0.2, -0.15) is 0 Å². The van der Waals surface area contributed by atoms with Crippen LogP contribution in [0.15, 0.2) is 59.5 Å². The fraction of sp³-hybridized carbons (Fsp3) is 0.167. The van der Waals surface area contributed by atoms with Crippen LogP contribution in [0.1, 0.15) is 10.4 Å². The molecule has 0 aliphatic rings. The van der Waals surface area contributed by atoms with Crippen LogP contribution in [0.5, 0.6) is 0 Å². The number of Topliss-reactive ketones (excluding diaryl/α,β-unsaturated/α-hetero) is 1. The molecule has 0 fully saturated rings. The van der Waals surface area contributed by atoms with Crippen molar-refractivity contribution < 1.29 is 32.5 Å². The van der Waals surface area contributed by atoms with Crippen molar-refractivity contribution in [2.75, 3.05) is 19.7 Å². The third-order valence-electron chi connectivity index (χ3n) is 3.67. The molecular formula is C18H17N3O8S. The summed E-state index contributed by atoms with van der Waals surface area (Å²) in [5.74, 6) is -2.09. The maximum atomic E-state index is 12.1. The number of carbonyl (C=O) groups excluding carboxylic acids is 3. The zero-order chi connectivity index (χ0) is 22.1. The number of hydrogen-bond donors (Lipinski definition) is 2. The van der Waals surface area contributed by atoms with Crippen LogP contribution in [0.3, 0.4) is 0 Å². The summed E-state index contributed by atoms with van der Waals surface area (Å²) in [6, 6.07) is 12.3. The molecule has 0 heterocycles. The average molecular weight is 435 g/mol. The van der Waals surface area contributed by atoms with Gasteiger partial charge >= 0.3 is 5.97 Å². The molecule has 1 amide bonds. The second-order valence-corrected chi connectivity index (χ2v) is 7.57. The standard InChI is InChI=1S/C18H17N3O8S/c22-16(13-4-2-1-3-5-13)12-29-18(24)11-19-17(23)10-20-30(27,28)15-8-6-14(7-9-15)21(25)26/h1-9,20H,10-12H2,(H,19,23). The highest BCUT2D eigenvalue weighted by Gasteiger charge is 2.17. The predicted octanol–water partition coefficient (Wildman–Crippen LogP) is 0.415.